The van der Waals surface area contributed by atoms with Gasteiger partial charge in [0.1, 0.15) is 4.83 Å². The molecule has 2 heterocycles. The summed E-state index contributed by atoms with van der Waals surface area (Å²) in [4.78, 5) is 17.9. The number of thiophene rings is 1. The highest BCUT2D eigenvalue weighted by Gasteiger charge is 2.16. The van der Waals surface area contributed by atoms with E-state index in [9.17, 15) is 4.79 Å². The van der Waals surface area contributed by atoms with Crippen LogP contribution in [-0.4, -0.2) is 14.9 Å². The largest absolute Gasteiger partial charge is 0.334 e. The second kappa shape index (κ2) is 5.54. The second-order valence-corrected chi connectivity index (χ2v) is 7.33. The summed E-state index contributed by atoms with van der Waals surface area (Å²) < 4.78 is 1.16. The van der Waals surface area contributed by atoms with Crippen molar-refractivity contribution in [2.24, 2.45) is 0 Å². The quantitative estimate of drug-likeness (QED) is 0.457. The molecule has 0 saturated carbocycles. The molecule has 0 saturated heterocycles. The molecule has 4 nitrogen and oxygen atoms in total. The molecule has 108 valence electrons. The molecule has 0 amide bonds. The van der Waals surface area contributed by atoms with Crippen molar-refractivity contribution in [3.8, 4) is 11.1 Å². The SMILES string of the molecule is CC(C)Sc1nc2scc(-c3ccccc3)c2c(=O)n1N. The number of hydrogen-bond acceptors (Lipinski definition) is 5. The van der Waals surface area contributed by atoms with E-state index in [1.165, 1.54) is 23.1 Å². The lowest BCUT2D eigenvalue weighted by atomic mass is 10.1. The van der Waals surface area contributed by atoms with Gasteiger partial charge in [-0.1, -0.05) is 55.9 Å². The van der Waals surface area contributed by atoms with Gasteiger partial charge in [-0.3, -0.25) is 4.79 Å². The molecular weight excluding hydrogens is 302 g/mol. The molecule has 0 aliphatic heterocycles. The Kier molecular flexibility index (Phi) is 3.73. The summed E-state index contributed by atoms with van der Waals surface area (Å²) in [5.74, 6) is 5.93. The standard InChI is InChI=1S/C15H15N3OS2/c1-9(2)21-15-17-13-12(14(19)18(15)16)11(8-20-13)10-6-4-3-5-7-10/h3-9H,16H2,1-2H3. The van der Waals surface area contributed by atoms with Crippen molar-refractivity contribution in [3.05, 3.63) is 46.1 Å². The van der Waals surface area contributed by atoms with Gasteiger partial charge in [0.25, 0.3) is 5.56 Å². The third-order valence-electron chi connectivity index (χ3n) is 3.03. The predicted molar refractivity (Wildman–Crippen MR) is 90.5 cm³/mol. The highest BCUT2D eigenvalue weighted by atomic mass is 32.2. The lowest BCUT2D eigenvalue weighted by Crippen LogP contribution is -2.30. The molecule has 0 fully saturated rings. The van der Waals surface area contributed by atoms with Gasteiger partial charge in [-0.25, -0.2) is 9.66 Å². The summed E-state index contributed by atoms with van der Waals surface area (Å²) >= 11 is 2.97. The summed E-state index contributed by atoms with van der Waals surface area (Å²) in [5, 5.41) is 3.45. The number of nitrogens with zero attached hydrogens (tertiary/aromatic N) is 2. The van der Waals surface area contributed by atoms with Crippen LogP contribution in [0.15, 0.2) is 45.7 Å². The van der Waals surface area contributed by atoms with Crippen LogP contribution in [0.4, 0.5) is 0 Å². The van der Waals surface area contributed by atoms with Gasteiger partial charge < -0.3 is 5.84 Å². The van der Waals surface area contributed by atoms with Crippen molar-refractivity contribution >= 4 is 33.3 Å². The average Bonchev–Trinajstić information content (AvgIpc) is 2.89. The summed E-state index contributed by atoms with van der Waals surface area (Å²) in [6.45, 7) is 4.09. The maximum Gasteiger partial charge on any atom is 0.282 e. The Labute approximate surface area is 130 Å². The molecule has 0 aliphatic rings. The van der Waals surface area contributed by atoms with Crippen LogP contribution >= 0.6 is 23.1 Å². The zero-order chi connectivity index (χ0) is 15.0. The van der Waals surface area contributed by atoms with Crippen LogP contribution in [0.3, 0.4) is 0 Å². The van der Waals surface area contributed by atoms with E-state index < -0.39 is 0 Å². The van der Waals surface area contributed by atoms with Gasteiger partial charge in [-0.05, 0) is 5.56 Å². The minimum absolute atomic E-state index is 0.191. The highest BCUT2D eigenvalue weighted by molar-refractivity contribution is 7.99. The fraction of sp³-hybridized carbons (Fsp3) is 0.200. The van der Waals surface area contributed by atoms with Crippen LogP contribution in [0.25, 0.3) is 21.3 Å². The number of nitrogen functional groups attached to an aromatic ring is 1. The van der Waals surface area contributed by atoms with Crippen LogP contribution in [0, 0.1) is 0 Å². The normalized spacial score (nSPS) is 11.4. The smallest absolute Gasteiger partial charge is 0.282 e. The molecule has 0 radical (unpaired) electrons. The Morgan fingerprint density at radius 3 is 2.67 bits per heavy atom. The van der Waals surface area contributed by atoms with Gasteiger partial charge in [-0.15, -0.1) is 11.3 Å². The molecule has 1 aromatic carbocycles. The van der Waals surface area contributed by atoms with Gasteiger partial charge in [0.15, 0.2) is 5.16 Å². The first-order valence-corrected chi connectivity index (χ1v) is 8.35. The number of nitrogens with two attached hydrogens (primary N) is 1. The Morgan fingerprint density at radius 1 is 1.29 bits per heavy atom. The minimum atomic E-state index is -0.191. The van der Waals surface area contributed by atoms with E-state index in [4.69, 9.17) is 5.84 Å². The molecule has 6 heteroatoms. The molecule has 0 spiro atoms. The number of hydrogen-bond donors (Lipinski definition) is 1. The zero-order valence-corrected chi connectivity index (χ0v) is 13.4. The highest BCUT2D eigenvalue weighted by Crippen LogP contribution is 2.32. The second-order valence-electron chi connectivity index (χ2n) is 4.93. The van der Waals surface area contributed by atoms with Crippen molar-refractivity contribution < 1.29 is 0 Å². The molecule has 0 atom stereocenters. The maximum atomic E-state index is 12.6. The van der Waals surface area contributed by atoms with Crippen molar-refractivity contribution in [1.82, 2.24) is 9.66 Å². The van der Waals surface area contributed by atoms with Crippen LogP contribution in [0.5, 0.6) is 0 Å². The topological polar surface area (TPSA) is 60.9 Å². The van der Waals surface area contributed by atoms with E-state index in [-0.39, 0.29) is 5.56 Å². The van der Waals surface area contributed by atoms with E-state index >= 15 is 0 Å². The number of fused-ring (bicyclic) bond motifs is 1. The molecule has 3 rings (SSSR count). The number of aromatic nitrogens is 2. The van der Waals surface area contributed by atoms with Gasteiger partial charge in [0, 0.05) is 16.2 Å². The first kappa shape index (κ1) is 14.2. The lowest BCUT2D eigenvalue weighted by Gasteiger charge is -2.09. The van der Waals surface area contributed by atoms with E-state index in [0.29, 0.717) is 15.8 Å². The number of benzene rings is 1. The van der Waals surface area contributed by atoms with Gasteiger partial charge in [0.05, 0.1) is 5.39 Å². The van der Waals surface area contributed by atoms with E-state index in [0.717, 1.165) is 20.6 Å². The van der Waals surface area contributed by atoms with E-state index in [2.05, 4.69) is 4.98 Å². The first-order chi connectivity index (χ1) is 10.1. The third-order valence-corrected chi connectivity index (χ3v) is 4.88. The van der Waals surface area contributed by atoms with Crippen molar-refractivity contribution in [1.29, 1.82) is 0 Å². The van der Waals surface area contributed by atoms with Crippen molar-refractivity contribution in [2.75, 3.05) is 5.84 Å². The Balaban J connectivity index is 2.24. The van der Waals surface area contributed by atoms with Gasteiger partial charge >= 0.3 is 0 Å². The molecular formula is C15H15N3OS2. The van der Waals surface area contributed by atoms with Gasteiger partial charge in [0.2, 0.25) is 0 Å². The Hall–Kier alpha value is -1.79. The molecule has 0 unspecified atom stereocenters. The lowest BCUT2D eigenvalue weighted by molar-refractivity contribution is 0.779. The number of thioether (sulfide) groups is 1. The van der Waals surface area contributed by atoms with Crippen LogP contribution in [-0.2, 0) is 0 Å². The molecule has 0 bridgehead atoms. The fourth-order valence-electron chi connectivity index (χ4n) is 2.11. The van der Waals surface area contributed by atoms with Gasteiger partial charge in [-0.2, -0.15) is 0 Å². The van der Waals surface area contributed by atoms with E-state index in [1.54, 1.807) is 0 Å². The monoisotopic (exact) mass is 317 g/mol. The fourth-order valence-corrected chi connectivity index (χ4v) is 3.87. The third kappa shape index (κ3) is 2.56. The number of rotatable bonds is 3. The molecule has 0 aliphatic carbocycles. The zero-order valence-electron chi connectivity index (χ0n) is 11.7. The Morgan fingerprint density at radius 2 is 2.00 bits per heavy atom. The summed E-state index contributed by atoms with van der Waals surface area (Å²) in [5.41, 5.74) is 1.71. The summed E-state index contributed by atoms with van der Waals surface area (Å²) in [6.07, 6.45) is 0. The predicted octanol–water partition coefficient (Wildman–Crippen LogP) is 3.34. The van der Waals surface area contributed by atoms with Crippen molar-refractivity contribution in [3.63, 3.8) is 0 Å². The van der Waals surface area contributed by atoms with Crippen molar-refractivity contribution in [2.45, 2.75) is 24.3 Å². The van der Waals surface area contributed by atoms with Crippen LogP contribution in [0.1, 0.15) is 13.8 Å². The maximum absolute atomic E-state index is 12.6. The average molecular weight is 317 g/mol. The summed E-state index contributed by atoms with van der Waals surface area (Å²) in [6, 6.07) is 9.83. The molecule has 2 N–H and O–H groups in total. The molecule has 3 aromatic rings. The Bertz CT molecular complexity index is 837. The first-order valence-electron chi connectivity index (χ1n) is 6.59. The molecule has 2 aromatic heterocycles. The minimum Gasteiger partial charge on any atom is -0.334 e. The van der Waals surface area contributed by atoms with E-state index in [1.807, 2.05) is 49.6 Å². The van der Waals surface area contributed by atoms with Crippen LogP contribution in [0.2, 0.25) is 0 Å². The van der Waals surface area contributed by atoms with Crippen LogP contribution < -0.4 is 11.4 Å². The summed E-state index contributed by atoms with van der Waals surface area (Å²) in [7, 11) is 0. The molecule has 21 heavy (non-hydrogen) atoms.